The maximum atomic E-state index is 12.7. The maximum Gasteiger partial charge on any atom is 0.267 e. The van der Waals surface area contributed by atoms with E-state index >= 15 is 0 Å². The summed E-state index contributed by atoms with van der Waals surface area (Å²) in [4.78, 5) is 27.2. The van der Waals surface area contributed by atoms with Crippen molar-refractivity contribution < 1.29 is 27.5 Å². The van der Waals surface area contributed by atoms with Crippen LogP contribution in [0.4, 0.5) is 0 Å². The Kier molecular flexibility index (Phi) is 7.61. The van der Waals surface area contributed by atoms with Crippen LogP contribution in [0.25, 0.3) is 0 Å². The highest BCUT2D eigenvalue weighted by atomic mass is 32.2. The Labute approximate surface area is 193 Å². The summed E-state index contributed by atoms with van der Waals surface area (Å²) in [5, 5.41) is 8.25. The molecule has 11 heteroatoms. The van der Waals surface area contributed by atoms with Gasteiger partial charge < -0.3 is 14.8 Å². The number of rotatable bonds is 8. The van der Waals surface area contributed by atoms with Crippen LogP contribution in [0, 0.1) is 0 Å². The fraction of sp³-hybridized carbons (Fsp3) is 0.591. The van der Waals surface area contributed by atoms with Gasteiger partial charge in [-0.25, -0.2) is 13.4 Å². The smallest absolute Gasteiger partial charge is 0.267 e. The number of ether oxygens (including phenoxy) is 2. The first-order valence-corrected chi connectivity index (χ1v) is 13.1. The van der Waals surface area contributed by atoms with Crippen molar-refractivity contribution in [1.82, 2.24) is 15.2 Å². The summed E-state index contributed by atoms with van der Waals surface area (Å²) in [5.41, 5.74) is 1.13. The summed E-state index contributed by atoms with van der Waals surface area (Å²) in [5.74, 6) is 0.0885. The topological polar surface area (TPSA) is 118 Å². The quantitative estimate of drug-likeness (QED) is 0.566. The van der Waals surface area contributed by atoms with Gasteiger partial charge in [-0.1, -0.05) is 12.1 Å². The standard InChI is InChI=1S/C22H30N4O6S/c27-21-5-4-20(24-26(21)18-6-13-33(29,30)16-18)22(28)23-15-17-2-1-3-19(14-17)32-12-9-25-7-10-31-11-8-25/h1-3,14,18H,4-13,15-16H2,(H,23,28). The summed E-state index contributed by atoms with van der Waals surface area (Å²) >= 11 is 0. The molecule has 0 saturated carbocycles. The van der Waals surface area contributed by atoms with E-state index in [-0.39, 0.29) is 41.9 Å². The van der Waals surface area contributed by atoms with Crippen molar-refractivity contribution in [2.75, 3.05) is 51.0 Å². The predicted octanol–water partition coefficient (Wildman–Crippen LogP) is 0.179. The Balaban J connectivity index is 1.28. The molecule has 33 heavy (non-hydrogen) atoms. The molecule has 4 rings (SSSR count). The molecule has 3 heterocycles. The first-order valence-electron chi connectivity index (χ1n) is 11.3. The second-order valence-electron chi connectivity index (χ2n) is 8.47. The highest BCUT2D eigenvalue weighted by Gasteiger charge is 2.37. The zero-order valence-electron chi connectivity index (χ0n) is 18.6. The average molecular weight is 479 g/mol. The van der Waals surface area contributed by atoms with Crippen LogP contribution in [0.15, 0.2) is 29.4 Å². The van der Waals surface area contributed by atoms with E-state index in [0.29, 0.717) is 19.6 Å². The highest BCUT2D eigenvalue weighted by Crippen LogP contribution is 2.22. The minimum Gasteiger partial charge on any atom is -0.492 e. The Morgan fingerprint density at radius 3 is 2.82 bits per heavy atom. The van der Waals surface area contributed by atoms with Gasteiger partial charge in [0.1, 0.15) is 18.1 Å². The number of hydrazone groups is 1. The molecule has 0 radical (unpaired) electrons. The lowest BCUT2D eigenvalue weighted by Gasteiger charge is -2.27. The number of benzene rings is 1. The zero-order valence-corrected chi connectivity index (χ0v) is 19.4. The maximum absolute atomic E-state index is 12.7. The van der Waals surface area contributed by atoms with Crippen molar-refractivity contribution >= 4 is 27.4 Å². The lowest BCUT2D eigenvalue weighted by Crippen LogP contribution is -2.43. The lowest BCUT2D eigenvalue weighted by molar-refractivity contribution is -0.133. The molecule has 2 saturated heterocycles. The largest absolute Gasteiger partial charge is 0.492 e. The Morgan fingerprint density at radius 1 is 1.24 bits per heavy atom. The first-order chi connectivity index (χ1) is 15.9. The van der Waals surface area contributed by atoms with Crippen molar-refractivity contribution in [1.29, 1.82) is 0 Å². The minimum atomic E-state index is -3.15. The van der Waals surface area contributed by atoms with Crippen LogP contribution < -0.4 is 10.1 Å². The van der Waals surface area contributed by atoms with Crippen molar-refractivity contribution in [3.8, 4) is 5.75 Å². The lowest BCUT2D eigenvalue weighted by atomic mass is 10.1. The van der Waals surface area contributed by atoms with Gasteiger partial charge in [-0.2, -0.15) is 5.10 Å². The molecule has 180 valence electrons. The number of morpholine rings is 1. The summed E-state index contributed by atoms with van der Waals surface area (Å²) in [6, 6.07) is 7.06. The van der Waals surface area contributed by atoms with Gasteiger partial charge in [0.15, 0.2) is 9.84 Å². The molecule has 2 fully saturated rings. The molecule has 0 aromatic heterocycles. The van der Waals surface area contributed by atoms with E-state index in [1.54, 1.807) is 0 Å². The number of carbonyl (C=O) groups excluding carboxylic acids is 2. The summed E-state index contributed by atoms with van der Waals surface area (Å²) in [6.07, 6.45) is 0.741. The first kappa shape index (κ1) is 23.7. The van der Waals surface area contributed by atoms with E-state index in [1.165, 1.54) is 5.01 Å². The van der Waals surface area contributed by atoms with Gasteiger partial charge in [0, 0.05) is 39.0 Å². The third-order valence-corrected chi connectivity index (χ3v) is 7.76. The summed E-state index contributed by atoms with van der Waals surface area (Å²) in [7, 11) is -3.15. The Bertz CT molecular complexity index is 1010. The van der Waals surface area contributed by atoms with Crippen molar-refractivity contribution in [3.63, 3.8) is 0 Å². The number of carbonyl (C=O) groups is 2. The molecule has 1 atom stereocenters. The van der Waals surface area contributed by atoms with Gasteiger partial charge in [0.25, 0.3) is 5.91 Å². The second-order valence-corrected chi connectivity index (χ2v) is 10.7. The van der Waals surface area contributed by atoms with Gasteiger partial charge in [-0.05, 0) is 24.1 Å². The number of sulfone groups is 1. The van der Waals surface area contributed by atoms with Crippen molar-refractivity contribution in [2.24, 2.45) is 5.10 Å². The molecule has 3 aliphatic heterocycles. The Hall–Kier alpha value is -2.50. The van der Waals surface area contributed by atoms with Gasteiger partial charge >= 0.3 is 0 Å². The van der Waals surface area contributed by atoms with E-state index in [9.17, 15) is 18.0 Å². The average Bonchev–Trinajstić information content (AvgIpc) is 3.18. The number of hydrogen-bond acceptors (Lipinski definition) is 8. The third kappa shape index (κ3) is 6.52. The predicted molar refractivity (Wildman–Crippen MR) is 122 cm³/mol. The van der Waals surface area contributed by atoms with Gasteiger partial charge in [0.05, 0.1) is 30.8 Å². The van der Waals surface area contributed by atoms with Crippen molar-refractivity contribution in [3.05, 3.63) is 29.8 Å². The van der Waals surface area contributed by atoms with Gasteiger partial charge in [-0.3, -0.25) is 14.5 Å². The molecule has 0 bridgehead atoms. The highest BCUT2D eigenvalue weighted by molar-refractivity contribution is 7.91. The summed E-state index contributed by atoms with van der Waals surface area (Å²) < 4.78 is 34.7. The number of nitrogens with one attached hydrogen (secondary N) is 1. The van der Waals surface area contributed by atoms with Gasteiger partial charge in [0.2, 0.25) is 5.91 Å². The Morgan fingerprint density at radius 2 is 2.06 bits per heavy atom. The molecule has 3 aliphatic rings. The fourth-order valence-electron chi connectivity index (χ4n) is 4.14. The van der Waals surface area contributed by atoms with Gasteiger partial charge in [-0.15, -0.1) is 0 Å². The molecule has 1 unspecified atom stereocenters. The molecule has 2 amide bonds. The van der Waals surface area contributed by atoms with Crippen LogP contribution >= 0.6 is 0 Å². The third-order valence-electron chi connectivity index (χ3n) is 6.01. The van der Waals surface area contributed by atoms with E-state index in [2.05, 4.69) is 15.3 Å². The molecule has 1 aromatic carbocycles. The van der Waals surface area contributed by atoms with Crippen LogP contribution in [-0.2, 0) is 30.7 Å². The number of nitrogens with zero attached hydrogens (tertiary/aromatic N) is 3. The zero-order chi connectivity index (χ0) is 23.3. The second kappa shape index (κ2) is 10.6. The van der Waals surface area contributed by atoms with E-state index < -0.39 is 15.9 Å². The molecular weight excluding hydrogens is 448 g/mol. The van der Waals surface area contributed by atoms with Crippen LogP contribution in [0.3, 0.4) is 0 Å². The normalized spacial score (nSPS) is 23.3. The van der Waals surface area contributed by atoms with E-state index in [0.717, 1.165) is 44.2 Å². The summed E-state index contributed by atoms with van der Waals surface area (Å²) in [6.45, 7) is 5.05. The molecule has 10 nitrogen and oxygen atoms in total. The van der Waals surface area contributed by atoms with E-state index in [1.807, 2.05) is 24.3 Å². The monoisotopic (exact) mass is 478 g/mol. The van der Waals surface area contributed by atoms with E-state index in [4.69, 9.17) is 9.47 Å². The number of amides is 2. The van der Waals surface area contributed by atoms with Crippen LogP contribution in [0.1, 0.15) is 24.8 Å². The molecule has 1 aromatic rings. The SMILES string of the molecule is O=C(NCc1cccc(OCCN2CCOCC2)c1)C1=NN(C2CCS(=O)(=O)C2)C(=O)CC1. The molecular formula is C22H30N4O6S. The van der Waals surface area contributed by atoms with Crippen LogP contribution in [0.2, 0.25) is 0 Å². The molecule has 0 spiro atoms. The molecule has 0 aliphatic carbocycles. The minimum absolute atomic E-state index is 0.0450. The fourth-order valence-corrected chi connectivity index (χ4v) is 5.83. The molecule has 1 N–H and O–H groups in total. The van der Waals surface area contributed by atoms with Crippen molar-refractivity contribution in [2.45, 2.75) is 31.8 Å². The van der Waals surface area contributed by atoms with Crippen LogP contribution in [0.5, 0.6) is 5.75 Å². The van der Waals surface area contributed by atoms with Crippen LogP contribution in [-0.4, -0.2) is 92.9 Å². The number of hydrogen-bond donors (Lipinski definition) is 1.